The van der Waals surface area contributed by atoms with Crippen LogP contribution in [0.2, 0.25) is 0 Å². The number of hydrogen-bond donors (Lipinski definition) is 3. The van der Waals surface area contributed by atoms with Gasteiger partial charge in [0.25, 0.3) is 5.91 Å². The van der Waals surface area contributed by atoms with E-state index in [1.807, 2.05) is 32.0 Å². The van der Waals surface area contributed by atoms with E-state index in [1.165, 1.54) is 0 Å². The van der Waals surface area contributed by atoms with Crippen LogP contribution in [0.25, 0.3) is 0 Å². The van der Waals surface area contributed by atoms with Crippen LogP contribution >= 0.6 is 0 Å². The number of benzene rings is 1. The van der Waals surface area contributed by atoms with Gasteiger partial charge >= 0.3 is 0 Å². The molecule has 6 nitrogen and oxygen atoms in total. The molecule has 0 saturated carbocycles. The molecule has 0 bridgehead atoms. The zero-order valence-corrected chi connectivity index (χ0v) is 12.8. The predicted octanol–water partition coefficient (Wildman–Crippen LogP) is 1.19. The van der Waals surface area contributed by atoms with Gasteiger partial charge in [-0.2, -0.15) is 0 Å². The summed E-state index contributed by atoms with van der Waals surface area (Å²) < 4.78 is 5.73. The van der Waals surface area contributed by atoms with Crippen LogP contribution in [0.4, 0.5) is 5.69 Å². The molecule has 0 aromatic heterocycles. The summed E-state index contributed by atoms with van der Waals surface area (Å²) in [6, 6.07) is 5.52. The Hall–Kier alpha value is -2.08. The minimum absolute atomic E-state index is 0.0695. The molecule has 2 heterocycles. The zero-order valence-electron chi connectivity index (χ0n) is 12.8. The quantitative estimate of drug-likeness (QED) is 0.781. The smallest absolute Gasteiger partial charge is 0.265 e. The van der Waals surface area contributed by atoms with Gasteiger partial charge < -0.3 is 20.7 Å². The van der Waals surface area contributed by atoms with Crippen LogP contribution in [0.1, 0.15) is 31.9 Å². The van der Waals surface area contributed by atoms with E-state index >= 15 is 0 Å². The van der Waals surface area contributed by atoms with Gasteiger partial charge in [-0.25, -0.2) is 0 Å². The molecular weight excluding hydrogens is 282 g/mol. The standard InChI is InChI=1S/C16H21N3O3/c1-3-13-16(21)19-12-5-4-10(6-14(12)22-13)9(2)18-15(20)11-7-17-8-11/h4-6,9,11,13,17H,3,7-8H2,1-2H3,(H,18,20)(H,19,21). The number of carbonyl (C=O) groups is 2. The van der Waals surface area contributed by atoms with Gasteiger partial charge in [0.2, 0.25) is 5.91 Å². The molecule has 0 spiro atoms. The van der Waals surface area contributed by atoms with Gasteiger partial charge in [-0.1, -0.05) is 13.0 Å². The van der Waals surface area contributed by atoms with Crippen molar-refractivity contribution >= 4 is 17.5 Å². The number of rotatable bonds is 4. The van der Waals surface area contributed by atoms with Crippen LogP contribution in [-0.4, -0.2) is 31.0 Å². The fraction of sp³-hybridized carbons (Fsp3) is 0.500. The summed E-state index contributed by atoms with van der Waals surface area (Å²) in [7, 11) is 0. The molecule has 6 heteroatoms. The first-order valence-electron chi connectivity index (χ1n) is 7.71. The van der Waals surface area contributed by atoms with E-state index in [9.17, 15) is 9.59 Å². The van der Waals surface area contributed by atoms with E-state index in [-0.39, 0.29) is 23.8 Å². The fourth-order valence-corrected chi connectivity index (χ4v) is 2.59. The molecule has 3 rings (SSSR count). The van der Waals surface area contributed by atoms with Crippen molar-refractivity contribution in [3.63, 3.8) is 0 Å². The molecule has 2 aliphatic heterocycles. The molecule has 2 unspecified atom stereocenters. The van der Waals surface area contributed by atoms with Crippen molar-refractivity contribution in [2.24, 2.45) is 5.92 Å². The van der Waals surface area contributed by atoms with Crippen LogP contribution in [0.15, 0.2) is 18.2 Å². The van der Waals surface area contributed by atoms with E-state index in [0.717, 1.165) is 18.7 Å². The van der Waals surface area contributed by atoms with E-state index in [4.69, 9.17) is 4.74 Å². The Morgan fingerprint density at radius 2 is 2.23 bits per heavy atom. The Morgan fingerprint density at radius 3 is 2.86 bits per heavy atom. The fourth-order valence-electron chi connectivity index (χ4n) is 2.59. The summed E-state index contributed by atoms with van der Waals surface area (Å²) >= 11 is 0. The average molecular weight is 303 g/mol. The number of nitrogens with one attached hydrogen (secondary N) is 3. The molecule has 22 heavy (non-hydrogen) atoms. The van der Waals surface area contributed by atoms with Gasteiger partial charge in [0.15, 0.2) is 6.10 Å². The van der Waals surface area contributed by atoms with E-state index < -0.39 is 6.10 Å². The molecule has 1 aromatic rings. The Labute approximate surface area is 129 Å². The van der Waals surface area contributed by atoms with Crippen molar-refractivity contribution in [2.75, 3.05) is 18.4 Å². The van der Waals surface area contributed by atoms with Crippen LogP contribution in [-0.2, 0) is 9.59 Å². The van der Waals surface area contributed by atoms with Crippen LogP contribution in [0.5, 0.6) is 5.75 Å². The lowest BCUT2D eigenvalue weighted by molar-refractivity contribution is -0.127. The molecule has 0 aliphatic carbocycles. The van der Waals surface area contributed by atoms with Gasteiger partial charge in [0.05, 0.1) is 17.6 Å². The Balaban J connectivity index is 1.72. The maximum Gasteiger partial charge on any atom is 0.265 e. The molecule has 1 fully saturated rings. The largest absolute Gasteiger partial charge is 0.478 e. The SMILES string of the molecule is CCC1Oc2cc(C(C)NC(=O)C3CNC3)ccc2NC1=O. The third-order valence-corrected chi connectivity index (χ3v) is 4.21. The van der Waals surface area contributed by atoms with Crippen molar-refractivity contribution in [3.05, 3.63) is 23.8 Å². The Bertz CT molecular complexity index is 598. The van der Waals surface area contributed by atoms with Gasteiger partial charge in [0, 0.05) is 13.1 Å². The van der Waals surface area contributed by atoms with Crippen LogP contribution < -0.4 is 20.7 Å². The number of ether oxygens (including phenoxy) is 1. The monoisotopic (exact) mass is 303 g/mol. The number of fused-ring (bicyclic) bond motifs is 1. The van der Waals surface area contributed by atoms with Crippen molar-refractivity contribution in [2.45, 2.75) is 32.4 Å². The lowest BCUT2D eigenvalue weighted by Crippen LogP contribution is -2.51. The Kier molecular flexibility index (Phi) is 4.02. The minimum Gasteiger partial charge on any atom is -0.478 e. The first-order valence-corrected chi connectivity index (χ1v) is 7.71. The third-order valence-electron chi connectivity index (χ3n) is 4.21. The van der Waals surface area contributed by atoms with Gasteiger partial charge in [-0.15, -0.1) is 0 Å². The maximum atomic E-state index is 12.0. The second-order valence-electron chi connectivity index (χ2n) is 5.85. The van der Waals surface area contributed by atoms with E-state index in [2.05, 4.69) is 16.0 Å². The third kappa shape index (κ3) is 2.78. The predicted molar refractivity (Wildman–Crippen MR) is 82.7 cm³/mol. The second-order valence-corrected chi connectivity index (χ2v) is 5.85. The number of amides is 2. The van der Waals surface area contributed by atoms with Gasteiger partial charge in [-0.05, 0) is 31.0 Å². The highest BCUT2D eigenvalue weighted by Crippen LogP contribution is 2.33. The summed E-state index contributed by atoms with van der Waals surface area (Å²) in [6.45, 7) is 5.35. The molecule has 1 aromatic carbocycles. The van der Waals surface area contributed by atoms with Crippen molar-refractivity contribution in [3.8, 4) is 5.75 Å². The number of hydrogen-bond acceptors (Lipinski definition) is 4. The number of anilines is 1. The molecule has 118 valence electrons. The van der Waals surface area contributed by atoms with Crippen molar-refractivity contribution in [1.29, 1.82) is 0 Å². The first kappa shape index (κ1) is 14.8. The molecule has 2 aliphatic rings. The zero-order chi connectivity index (χ0) is 15.7. The molecule has 2 atom stereocenters. The molecule has 1 saturated heterocycles. The van der Waals surface area contributed by atoms with Gasteiger partial charge in [-0.3, -0.25) is 9.59 Å². The minimum atomic E-state index is -0.450. The van der Waals surface area contributed by atoms with Crippen molar-refractivity contribution in [1.82, 2.24) is 10.6 Å². The highest BCUT2D eigenvalue weighted by atomic mass is 16.5. The summed E-state index contributed by atoms with van der Waals surface area (Å²) in [5.74, 6) is 0.696. The highest BCUT2D eigenvalue weighted by Gasteiger charge is 2.28. The second kappa shape index (κ2) is 5.96. The topological polar surface area (TPSA) is 79.5 Å². The molecule has 3 N–H and O–H groups in total. The van der Waals surface area contributed by atoms with E-state index in [0.29, 0.717) is 17.9 Å². The van der Waals surface area contributed by atoms with Crippen LogP contribution in [0, 0.1) is 5.92 Å². The lowest BCUT2D eigenvalue weighted by Gasteiger charge is -2.28. The first-order chi connectivity index (χ1) is 10.6. The summed E-state index contributed by atoms with van der Waals surface area (Å²) in [6.07, 6.45) is 0.171. The maximum absolute atomic E-state index is 12.0. The molecule has 2 amide bonds. The average Bonchev–Trinajstić information content (AvgIpc) is 2.44. The summed E-state index contributed by atoms with van der Waals surface area (Å²) in [5.41, 5.74) is 1.64. The molecule has 0 radical (unpaired) electrons. The molecular formula is C16H21N3O3. The van der Waals surface area contributed by atoms with Crippen LogP contribution in [0.3, 0.4) is 0 Å². The number of carbonyl (C=O) groups excluding carboxylic acids is 2. The van der Waals surface area contributed by atoms with E-state index in [1.54, 1.807) is 0 Å². The summed E-state index contributed by atoms with van der Waals surface area (Å²) in [5, 5.41) is 8.95. The van der Waals surface area contributed by atoms with Crippen molar-refractivity contribution < 1.29 is 14.3 Å². The Morgan fingerprint density at radius 1 is 1.45 bits per heavy atom. The normalized spacial score (nSPS) is 21.9. The highest BCUT2D eigenvalue weighted by molar-refractivity contribution is 5.97. The lowest BCUT2D eigenvalue weighted by atomic mass is 10.0. The summed E-state index contributed by atoms with van der Waals surface area (Å²) in [4.78, 5) is 23.8. The van der Waals surface area contributed by atoms with Gasteiger partial charge in [0.1, 0.15) is 5.75 Å².